The number of aliphatic carboxylic acids is 1. The number of fused-ring (bicyclic) bond motifs is 1. The Hall–Kier alpha value is -0.280. The van der Waals surface area contributed by atoms with Gasteiger partial charge in [-0.2, -0.15) is 0 Å². The molecule has 3 nitrogen and oxygen atoms in total. The fourth-order valence-corrected chi connectivity index (χ4v) is 3.34. The lowest BCUT2D eigenvalue weighted by Gasteiger charge is -2.41. The lowest BCUT2D eigenvalue weighted by Crippen LogP contribution is -2.45. The molecule has 1 heterocycles. The summed E-state index contributed by atoms with van der Waals surface area (Å²) in [4.78, 5) is 12.9. The summed E-state index contributed by atoms with van der Waals surface area (Å²) in [5, 5.41) is 8.04. The molecule has 2 aliphatic rings. The van der Waals surface area contributed by atoms with Crippen LogP contribution < -0.4 is 0 Å². The third-order valence-electron chi connectivity index (χ3n) is 4.06. The molecule has 4 heteroatoms. The van der Waals surface area contributed by atoms with Crippen LogP contribution in [0.4, 0.5) is 0 Å². The number of hydrogen-bond acceptors (Lipinski definition) is 2. The normalized spacial score (nSPS) is 33.1. The first-order valence-corrected chi connectivity index (χ1v) is 6.69. The van der Waals surface area contributed by atoms with Crippen LogP contribution in [0.25, 0.3) is 0 Å². The van der Waals surface area contributed by atoms with Crippen molar-refractivity contribution in [1.82, 2.24) is 4.90 Å². The summed E-state index contributed by atoms with van der Waals surface area (Å²) < 4.78 is 0. The summed E-state index contributed by atoms with van der Waals surface area (Å²) in [6, 6.07) is 0. The van der Waals surface area contributed by atoms with E-state index in [1.54, 1.807) is 0 Å². The van der Waals surface area contributed by atoms with E-state index in [-0.39, 0.29) is 0 Å². The van der Waals surface area contributed by atoms with Crippen molar-refractivity contribution in [2.24, 2.45) is 11.8 Å². The zero-order valence-corrected chi connectivity index (χ0v) is 10.3. The van der Waals surface area contributed by atoms with E-state index in [9.17, 15) is 4.79 Å². The number of carbonyl (C=O) groups is 1. The first-order chi connectivity index (χ1) is 7.66. The lowest BCUT2D eigenvalue weighted by molar-refractivity contribution is -0.137. The quantitative estimate of drug-likeness (QED) is 0.775. The molecule has 0 aromatic heterocycles. The molecule has 0 bridgehead atoms. The largest absolute Gasteiger partial charge is 0.480 e. The van der Waals surface area contributed by atoms with Gasteiger partial charge in [-0.05, 0) is 31.2 Å². The van der Waals surface area contributed by atoms with Gasteiger partial charge in [0.15, 0.2) is 0 Å². The molecule has 0 spiro atoms. The van der Waals surface area contributed by atoms with Gasteiger partial charge in [-0.15, -0.1) is 11.6 Å². The number of piperidine rings is 1. The highest BCUT2D eigenvalue weighted by Crippen LogP contribution is 2.36. The topological polar surface area (TPSA) is 40.5 Å². The smallest absolute Gasteiger partial charge is 0.322 e. The van der Waals surface area contributed by atoms with Crippen molar-refractivity contribution in [2.45, 2.75) is 37.5 Å². The minimum atomic E-state index is -0.896. The molecule has 3 atom stereocenters. The fraction of sp³-hybridized carbons (Fsp3) is 0.917. The molecule has 92 valence electrons. The highest BCUT2D eigenvalue weighted by Gasteiger charge is 2.32. The van der Waals surface area contributed by atoms with Crippen molar-refractivity contribution in [3.63, 3.8) is 0 Å². The minimum absolute atomic E-state index is 0.500. The van der Waals surface area contributed by atoms with E-state index in [4.69, 9.17) is 16.7 Å². The lowest BCUT2D eigenvalue weighted by atomic mass is 9.75. The summed E-state index contributed by atoms with van der Waals surface area (Å²) in [7, 11) is 0. The molecule has 16 heavy (non-hydrogen) atoms. The Balaban J connectivity index is 1.83. The van der Waals surface area contributed by atoms with Crippen molar-refractivity contribution in [1.29, 1.82) is 0 Å². The maximum Gasteiger partial charge on any atom is 0.322 e. The molecule has 1 N–H and O–H groups in total. The zero-order chi connectivity index (χ0) is 11.5. The summed E-state index contributed by atoms with van der Waals surface area (Å²) in [6.45, 7) is 2.58. The molecule has 3 unspecified atom stereocenters. The first kappa shape index (κ1) is 12.2. The first-order valence-electron chi connectivity index (χ1n) is 6.26. The summed E-state index contributed by atoms with van der Waals surface area (Å²) in [5.41, 5.74) is 0. The number of nitrogens with zero attached hydrogens (tertiary/aromatic N) is 1. The van der Waals surface area contributed by atoms with Crippen LogP contribution in [0.3, 0.4) is 0 Å². The van der Waals surface area contributed by atoms with Crippen molar-refractivity contribution < 1.29 is 9.90 Å². The average Bonchev–Trinajstić information content (AvgIpc) is 2.28. The van der Waals surface area contributed by atoms with E-state index in [1.807, 2.05) is 0 Å². The molecule has 0 radical (unpaired) electrons. The van der Waals surface area contributed by atoms with Gasteiger partial charge >= 0.3 is 5.97 Å². The van der Waals surface area contributed by atoms with Crippen LogP contribution in [0.15, 0.2) is 0 Å². The van der Waals surface area contributed by atoms with Crippen LogP contribution in [0.2, 0.25) is 0 Å². The number of likely N-dealkylation sites (tertiary alicyclic amines) is 1. The second kappa shape index (κ2) is 5.37. The Kier molecular flexibility index (Phi) is 4.09. The van der Waals surface area contributed by atoms with Gasteiger partial charge in [-0.25, -0.2) is 0 Å². The van der Waals surface area contributed by atoms with Gasteiger partial charge in [0, 0.05) is 13.1 Å². The van der Waals surface area contributed by atoms with Crippen LogP contribution in [-0.2, 0) is 4.79 Å². The van der Waals surface area contributed by atoms with Crippen LogP contribution in [0, 0.1) is 11.8 Å². The Morgan fingerprint density at radius 2 is 2.00 bits per heavy atom. The number of carboxylic acids is 1. The molecule has 0 aromatic rings. The van der Waals surface area contributed by atoms with E-state index in [2.05, 4.69) is 4.90 Å². The third-order valence-corrected chi connectivity index (χ3v) is 4.39. The molecule has 2 rings (SSSR count). The molecular weight excluding hydrogens is 226 g/mol. The van der Waals surface area contributed by atoms with E-state index in [0.717, 1.165) is 24.9 Å². The molecule has 1 aliphatic heterocycles. The monoisotopic (exact) mass is 245 g/mol. The Morgan fingerprint density at radius 3 is 2.69 bits per heavy atom. The second-order valence-electron chi connectivity index (χ2n) is 5.16. The number of hydrogen-bond donors (Lipinski definition) is 1. The van der Waals surface area contributed by atoms with Crippen molar-refractivity contribution in [3.8, 4) is 0 Å². The molecule has 1 saturated carbocycles. The van der Waals surface area contributed by atoms with Crippen LogP contribution >= 0.6 is 11.6 Å². The standard InChI is InChI=1S/C12H20ClNO2/c13-11(12(15)16)8-14-6-5-9-3-1-2-4-10(9)7-14/h9-11H,1-8H2,(H,15,16). The highest BCUT2D eigenvalue weighted by atomic mass is 35.5. The summed E-state index contributed by atoms with van der Waals surface area (Å²) in [6.07, 6.45) is 6.66. The summed E-state index contributed by atoms with van der Waals surface area (Å²) >= 11 is 5.78. The van der Waals surface area contributed by atoms with E-state index < -0.39 is 11.3 Å². The Bertz CT molecular complexity index is 259. The maximum absolute atomic E-state index is 10.7. The maximum atomic E-state index is 10.7. The van der Waals surface area contributed by atoms with E-state index in [1.165, 1.54) is 32.1 Å². The molecule has 0 amide bonds. The van der Waals surface area contributed by atoms with Crippen molar-refractivity contribution in [2.75, 3.05) is 19.6 Å². The predicted molar refractivity (Wildman–Crippen MR) is 63.8 cm³/mol. The number of carboxylic acid groups (broad SMARTS) is 1. The predicted octanol–water partition coefficient (Wildman–Crippen LogP) is 2.19. The van der Waals surface area contributed by atoms with Gasteiger partial charge in [0.05, 0.1) is 0 Å². The van der Waals surface area contributed by atoms with Gasteiger partial charge in [0.25, 0.3) is 0 Å². The van der Waals surface area contributed by atoms with E-state index >= 15 is 0 Å². The van der Waals surface area contributed by atoms with Crippen LogP contribution in [0.1, 0.15) is 32.1 Å². The number of alkyl halides is 1. The van der Waals surface area contributed by atoms with Crippen LogP contribution in [0.5, 0.6) is 0 Å². The Labute approximate surface area is 102 Å². The number of rotatable bonds is 3. The number of halogens is 1. The van der Waals surface area contributed by atoms with Gasteiger partial charge < -0.3 is 10.0 Å². The summed E-state index contributed by atoms with van der Waals surface area (Å²) in [5.74, 6) is 0.788. The molecule has 0 aromatic carbocycles. The molecule has 1 aliphatic carbocycles. The SMILES string of the molecule is O=C(O)C(Cl)CN1CCC2CCCCC2C1. The van der Waals surface area contributed by atoms with Crippen molar-refractivity contribution in [3.05, 3.63) is 0 Å². The van der Waals surface area contributed by atoms with Gasteiger partial charge in [-0.3, -0.25) is 4.79 Å². The highest BCUT2D eigenvalue weighted by molar-refractivity contribution is 6.29. The molecular formula is C12H20ClNO2. The van der Waals surface area contributed by atoms with Crippen molar-refractivity contribution >= 4 is 17.6 Å². The second-order valence-corrected chi connectivity index (χ2v) is 5.69. The molecule has 2 fully saturated rings. The van der Waals surface area contributed by atoms with Crippen LogP contribution in [-0.4, -0.2) is 41.0 Å². The third kappa shape index (κ3) is 2.89. The van der Waals surface area contributed by atoms with E-state index in [0.29, 0.717) is 6.54 Å². The molecule has 1 saturated heterocycles. The Morgan fingerprint density at radius 1 is 1.31 bits per heavy atom. The van der Waals surface area contributed by atoms with Gasteiger partial charge in [-0.1, -0.05) is 19.3 Å². The zero-order valence-electron chi connectivity index (χ0n) is 9.57. The average molecular weight is 246 g/mol. The van der Waals surface area contributed by atoms with Gasteiger partial charge in [0.1, 0.15) is 5.38 Å². The van der Waals surface area contributed by atoms with Gasteiger partial charge in [0.2, 0.25) is 0 Å². The fourth-order valence-electron chi connectivity index (χ4n) is 3.15. The minimum Gasteiger partial charge on any atom is -0.480 e.